The SMILES string of the molecule is CC(C)(C)OC(=O)N1CC[C@@H]1COc1cnccc1-c1[nH]c2c(c1I)C(=O)CCC2. The van der Waals surface area contributed by atoms with Gasteiger partial charge in [-0.25, -0.2) is 4.79 Å². The van der Waals surface area contributed by atoms with Crippen LogP contribution in [0, 0.1) is 3.57 Å². The molecule has 2 aliphatic rings. The molecular weight excluding hydrogens is 497 g/mol. The molecule has 0 aromatic carbocycles. The molecule has 1 atom stereocenters. The summed E-state index contributed by atoms with van der Waals surface area (Å²) in [5, 5.41) is 0. The van der Waals surface area contributed by atoms with E-state index < -0.39 is 5.60 Å². The zero-order valence-electron chi connectivity index (χ0n) is 17.5. The van der Waals surface area contributed by atoms with E-state index in [9.17, 15) is 9.59 Å². The number of halogens is 1. The molecule has 1 fully saturated rings. The first-order chi connectivity index (χ1) is 14.2. The van der Waals surface area contributed by atoms with Crippen LogP contribution >= 0.6 is 22.6 Å². The Labute approximate surface area is 189 Å². The lowest BCUT2D eigenvalue weighted by Gasteiger charge is -2.41. The second-order valence-electron chi connectivity index (χ2n) is 8.74. The smallest absolute Gasteiger partial charge is 0.410 e. The van der Waals surface area contributed by atoms with Gasteiger partial charge in [-0.3, -0.25) is 9.78 Å². The van der Waals surface area contributed by atoms with Gasteiger partial charge in [-0.2, -0.15) is 0 Å². The van der Waals surface area contributed by atoms with Crippen molar-refractivity contribution in [1.29, 1.82) is 0 Å². The van der Waals surface area contributed by atoms with Gasteiger partial charge in [0.1, 0.15) is 18.0 Å². The Morgan fingerprint density at radius 2 is 2.17 bits per heavy atom. The zero-order chi connectivity index (χ0) is 21.5. The van der Waals surface area contributed by atoms with Crippen LogP contribution in [0.4, 0.5) is 4.79 Å². The van der Waals surface area contributed by atoms with Gasteiger partial charge in [0.15, 0.2) is 5.78 Å². The molecule has 8 heteroatoms. The van der Waals surface area contributed by atoms with Crippen LogP contribution in [0.1, 0.15) is 56.1 Å². The van der Waals surface area contributed by atoms with Crippen LogP contribution in [-0.4, -0.2) is 51.5 Å². The van der Waals surface area contributed by atoms with Crippen molar-refractivity contribution in [3.8, 4) is 17.0 Å². The number of aromatic amines is 1. The first kappa shape index (κ1) is 21.1. The van der Waals surface area contributed by atoms with Crippen LogP contribution in [0.2, 0.25) is 0 Å². The van der Waals surface area contributed by atoms with E-state index in [2.05, 4.69) is 32.6 Å². The first-order valence-electron chi connectivity index (χ1n) is 10.2. The van der Waals surface area contributed by atoms with Crippen molar-refractivity contribution in [2.24, 2.45) is 0 Å². The molecule has 160 valence electrons. The molecule has 1 amide bonds. The van der Waals surface area contributed by atoms with E-state index in [1.165, 1.54) is 0 Å². The van der Waals surface area contributed by atoms with Crippen LogP contribution in [0.25, 0.3) is 11.3 Å². The number of rotatable bonds is 4. The molecule has 30 heavy (non-hydrogen) atoms. The lowest BCUT2D eigenvalue weighted by atomic mass is 9.96. The zero-order valence-corrected chi connectivity index (χ0v) is 19.6. The van der Waals surface area contributed by atoms with Gasteiger partial charge in [0, 0.05) is 34.0 Å². The second-order valence-corrected chi connectivity index (χ2v) is 9.82. The van der Waals surface area contributed by atoms with Crippen LogP contribution in [0.3, 0.4) is 0 Å². The molecule has 7 nitrogen and oxygen atoms in total. The summed E-state index contributed by atoms with van der Waals surface area (Å²) in [4.78, 5) is 34.1. The van der Waals surface area contributed by atoms with Crippen LogP contribution < -0.4 is 4.74 Å². The van der Waals surface area contributed by atoms with Gasteiger partial charge in [-0.1, -0.05) is 0 Å². The molecule has 1 aliphatic carbocycles. The Hall–Kier alpha value is -2.10. The summed E-state index contributed by atoms with van der Waals surface area (Å²) in [7, 11) is 0. The number of hydrogen-bond acceptors (Lipinski definition) is 5. The molecule has 4 rings (SSSR count). The third-order valence-corrected chi connectivity index (χ3v) is 6.46. The molecule has 1 N–H and O–H groups in total. The molecule has 0 radical (unpaired) electrons. The van der Waals surface area contributed by atoms with Crippen molar-refractivity contribution in [3.05, 3.63) is 33.3 Å². The Kier molecular flexibility index (Phi) is 5.78. The van der Waals surface area contributed by atoms with E-state index in [4.69, 9.17) is 9.47 Å². The number of aromatic nitrogens is 2. The number of aryl methyl sites for hydroxylation is 1. The van der Waals surface area contributed by atoms with E-state index in [1.807, 2.05) is 26.8 Å². The third-order valence-electron chi connectivity index (χ3n) is 5.38. The van der Waals surface area contributed by atoms with E-state index in [-0.39, 0.29) is 17.9 Å². The van der Waals surface area contributed by atoms with Crippen molar-refractivity contribution >= 4 is 34.5 Å². The summed E-state index contributed by atoms with van der Waals surface area (Å²) in [5.41, 5.74) is 3.07. The molecular formula is C22H26IN3O4. The number of Topliss-reactive ketones (excluding diaryl/α,β-unsaturated/α-hetero) is 1. The Morgan fingerprint density at radius 3 is 2.83 bits per heavy atom. The minimum atomic E-state index is -0.518. The summed E-state index contributed by atoms with van der Waals surface area (Å²) >= 11 is 2.24. The van der Waals surface area contributed by atoms with E-state index in [0.29, 0.717) is 25.3 Å². The molecule has 3 heterocycles. The maximum atomic E-state index is 12.4. The van der Waals surface area contributed by atoms with Crippen LogP contribution in [0.15, 0.2) is 18.5 Å². The number of ketones is 1. The van der Waals surface area contributed by atoms with E-state index in [1.54, 1.807) is 17.3 Å². The van der Waals surface area contributed by atoms with Gasteiger partial charge in [0.2, 0.25) is 0 Å². The highest BCUT2D eigenvalue weighted by molar-refractivity contribution is 14.1. The highest BCUT2D eigenvalue weighted by atomic mass is 127. The number of ether oxygens (including phenoxy) is 2. The maximum absolute atomic E-state index is 12.4. The van der Waals surface area contributed by atoms with Gasteiger partial charge >= 0.3 is 6.09 Å². The number of nitrogens with one attached hydrogen (secondary N) is 1. The second kappa shape index (κ2) is 8.20. The fourth-order valence-electron chi connectivity index (χ4n) is 3.80. The average molecular weight is 523 g/mol. The van der Waals surface area contributed by atoms with E-state index in [0.717, 1.165) is 45.3 Å². The average Bonchev–Trinajstić information content (AvgIpc) is 2.97. The fourth-order valence-corrected chi connectivity index (χ4v) is 4.85. The molecule has 1 aliphatic heterocycles. The molecule has 2 aromatic heterocycles. The van der Waals surface area contributed by atoms with Gasteiger partial charge in [-0.15, -0.1) is 0 Å². The molecule has 0 spiro atoms. The Bertz CT molecular complexity index is 979. The summed E-state index contributed by atoms with van der Waals surface area (Å²) in [6.45, 7) is 6.63. The van der Waals surface area contributed by atoms with Gasteiger partial charge in [0.05, 0.1) is 23.5 Å². The normalized spacial score (nSPS) is 18.6. The number of likely N-dealkylation sites (tertiary alicyclic amines) is 1. The van der Waals surface area contributed by atoms with E-state index >= 15 is 0 Å². The predicted octanol–water partition coefficient (Wildman–Crippen LogP) is 4.59. The number of hydrogen-bond donors (Lipinski definition) is 1. The topological polar surface area (TPSA) is 84.5 Å². The molecule has 0 unspecified atom stereocenters. The summed E-state index contributed by atoms with van der Waals surface area (Å²) in [6, 6.07) is 1.87. The number of nitrogens with zero attached hydrogens (tertiary/aromatic N) is 2. The number of carbonyl (C=O) groups excluding carboxylic acids is 2. The largest absolute Gasteiger partial charge is 0.489 e. The number of H-pyrrole nitrogens is 1. The maximum Gasteiger partial charge on any atom is 0.410 e. The van der Waals surface area contributed by atoms with Crippen molar-refractivity contribution in [2.75, 3.05) is 13.2 Å². The summed E-state index contributed by atoms with van der Waals surface area (Å²) in [6.07, 6.45) is 6.33. The number of fused-ring (bicyclic) bond motifs is 1. The highest BCUT2D eigenvalue weighted by Crippen LogP contribution is 2.37. The number of pyridine rings is 1. The Morgan fingerprint density at radius 1 is 1.37 bits per heavy atom. The lowest BCUT2D eigenvalue weighted by Crippen LogP contribution is -2.55. The molecule has 0 saturated carbocycles. The molecule has 0 bridgehead atoms. The Balaban J connectivity index is 1.50. The highest BCUT2D eigenvalue weighted by Gasteiger charge is 2.36. The fraction of sp³-hybridized carbons (Fsp3) is 0.500. The predicted molar refractivity (Wildman–Crippen MR) is 121 cm³/mol. The third kappa shape index (κ3) is 4.19. The first-order valence-corrected chi connectivity index (χ1v) is 11.3. The quantitative estimate of drug-likeness (QED) is 0.593. The minimum Gasteiger partial charge on any atom is -0.489 e. The van der Waals surface area contributed by atoms with Gasteiger partial charge in [-0.05, 0) is 68.7 Å². The molecule has 2 aromatic rings. The summed E-state index contributed by atoms with van der Waals surface area (Å²) < 4.78 is 12.5. The van der Waals surface area contributed by atoms with Crippen molar-refractivity contribution in [1.82, 2.24) is 14.9 Å². The van der Waals surface area contributed by atoms with Crippen molar-refractivity contribution < 1.29 is 19.1 Å². The lowest BCUT2D eigenvalue weighted by molar-refractivity contribution is -0.0141. The monoisotopic (exact) mass is 523 g/mol. The van der Waals surface area contributed by atoms with Gasteiger partial charge in [0.25, 0.3) is 0 Å². The van der Waals surface area contributed by atoms with Crippen LogP contribution in [0.5, 0.6) is 5.75 Å². The van der Waals surface area contributed by atoms with Gasteiger partial charge < -0.3 is 19.4 Å². The number of carbonyl (C=O) groups is 2. The van der Waals surface area contributed by atoms with Crippen LogP contribution in [-0.2, 0) is 11.2 Å². The standard InChI is InChI=1S/C22H26IN3O4/c1-22(2,3)30-21(28)26-10-8-13(26)12-29-17-11-24-9-7-14(17)20-19(23)18-15(25-20)5-4-6-16(18)27/h7,9,11,13,25H,4-6,8,10,12H2,1-3H3/t13-/m1/s1. The van der Waals surface area contributed by atoms with Crippen molar-refractivity contribution in [2.45, 2.75) is 58.1 Å². The molecule has 1 saturated heterocycles. The summed E-state index contributed by atoms with van der Waals surface area (Å²) in [5.74, 6) is 0.833. The van der Waals surface area contributed by atoms with Crippen molar-refractivity contribution in [3.63, 3.8) is 0 Å². The minimum absolute atomic E-state index is 0.0228. The number of amides is 1.